The summed E-state index contributed by atoms with van der Waals surface area (Å²) in [6.07, 6.45) is 1.03. The Kier molecular flexibility index (Phi) is 7.41. The van der Waals surface area contributed by atoms with E-state index in [-0.39, 0.29) is 66.0 Å². The fraction of sp³-hybridized carbons (Fsp3) is 0.571. The van der Waals surface area contributed by atoms with E-state index in [4.69, 9.17) is 23.2 Å². The van der Waals surface area contributed by atoms with Crippen LogP contribution in [0.2, 0.25) is 10.0 Å². The van der Waals surface area contributed by atoms with E-state index in [9.17, 15) is 22.0 Å². The maximum atomic E-state index is 14.0. The van der Waals surface area contributed by atoms with Crippen LogP contribution in [0.1, 0.15) is 36.0 Å². The minimum absolute atomic E-state index is 0.111. The van der Waals surface area contributed by atoms with Crippen molar-refractivity contribution in [2.75, 3.05) is 32.7 Å². The van der Waals surface area contributed by atoms with E-state index in [1.807, 2.05) is 4.90 Å². The number of hydrogen-bond donors (Lipinski definition) is 1. The van der Waals surface area contributed by atoms with Crippen LogP contribution < -0.4 is 5.32 Å². The van der Waals surface area contributed by atoms with Gasteiger partial charge >= 0.3 is 0 Å². The molecule has 2 heterocycles. The lowest BCUT2D eigenvalue weighted by Gasteiger charge is -2.50. The van der Waals surface area contributed by atoms with Crippen molar-refractivity contribution in [2.45, 2.75) is 42.2 Å². The van der Waals surface area contributed by atoms with Crippen LogP contribution in [0, 0.1) is 0 Å². The Morgan fingerprint density at radius 3 is 2.23 bits per heavy atom. The molecule has 1 aromatic heterocycles. The number of nitrogens with one attached hydrogen (secondary N) is 1. The Bertz CT molecular complexity index is 1170. The molecular weight excluding hydrogens is 525 g/mol. The van der Waals surface area contributed by atoms with Gasteiger partial charge in [0.2, 0.25) is 10.9 Å². The van der Waals surface area contributed by atoms with Crippen molar-refractivity contribution < 1.29 is 22.0 Å². The summed E-state index contributed by atoms with van der Waals surface area (Å²) in [5, 5.41) is 10.5. The lowest BCUT2D eigenvalue weighted by Crippen LogP contribution is -2.63. The minimum atomic E-state index is -3.81. The monoisotopic (exact) mass is 550 g/mol. The van der Waals surface area contributed by atoms with Crippen molar-refractivity contribution in [3.8, 4) is 0 Å². The quantitative estimate of drug-likeness (QED) is 0.593. The van der Waals surface area contributed by atoms with E-state index in [1.165, 1.54) is 15.2 Å². The first-order chi connectivity index (χ1) is 16.4. The molecule has 1 aliphatic heterocycles. The number of benzene rings is 1. The summed E-state index contributed by atoms with van der Waals surface area (Å²) >= 11 is 12.3. The predicted octanol–water partition coefficient (Wildman–Crippen LogP) is 2.81. The second-order valence-electron chi connectivity index (χ2n) is 8.98. The van der Waals surface area contributed by atoms with Crippen LogP contribution in [0.5, 0.6) is 0 Å². The molecule has 1 N–H and O–H groups in total. The zero-order valence-corrected chi connectivity index (χ0v) is 21.4. The molecular formula is C21H26Cl2F2N6O3S. The summed E-state index contributed by atoms with van der Waals surface area (Å²) in [6.45, 7) is 1.10. The van der Waals surface area contributed by atoms with Gasteiger partial charge in [-0.2, -0.15) is 4.31 Å². The van der Waals surface area contributed by atoms with E-state index >= 15 is 0 Å². The Balaban J connectivity index is 1.49. The highest BCUT2D eigenvalue weighted by Crippen LogP contribution is 2.42. The fourth-order valence-electron chi connectivity index (χ4n) is 4.71. The van der Waals surface area contributed by atoms with Gasteiger partial charge < -0.3 is 5.32 Å². The third-order valence-corrected chi connectivity index (χ3v) is 9.17. The highest BCUT2D eigenvalue weighted by molar-refractivity contribution is 7.89. The van der Waals surface area contributed by atoms with Crippen LogP contribution in [0.15, 0.2) is 29.4 Å². The van der Waals surface area contributed by atoms with Gasteiger partial charge in [-0.15, -0.1) is 5.10 Å². The Hall–Kier alpha value is -1.86. The molecule has 192 valence electrons. The molecule has 1 amide bonds. The number of rotatable bonds is 6. The van der Waals surface area contributed by atoms with Gasteiger partial charge in [-0.1, -0.05) is 34.5 Å². The molecule has 1 aliphatic carbocycles. The highest BCUT2D eigenvalue weighted by atomic mass is 35.5. The van der Waals surface area contributed by atoms with Crippen LogP contribution in [-0.2, 0) is 17.1 Å². The standard InChI is InChI=1S/C21H26Cl2F2N6O3S/c1-29-13-17(27-28-29)35(33,34)31-11-9-30(10-12-31)20(5-7-21(24,25)8-6-20)14-26-19(32)18-15(22)3-2-4-16(18)23/h2-4,13H,5-12,14H2,1H3,(H,26,32). The molecule has 2 aliphatic rings. The number of halogens is 4. The van der Waals surface area contributed by atoms with E-state index in [1.54, 1.807) is 25.2 Å². The number of carbonyl (C=O) groups excluding carboxylic acids is 1. The Labute approximate surface area is 212 Å². The van der Waals surface area contributed by atoms with Crippen LogP contribution in [0.3, 0.4) is 0 Å². The molecule has 0 bridgehead atoms. The van der Waals surface area contributed by atoms with Crippen LogP contribution in [0.4, 0.5) is 8.78 Å². The Morgan fingerprint density at radius 2 is 1.69 bits per heavy atom. The average Bonchev–Trinajstić information content (AvgIpc) is 3.26. The molecule has 2 aromatic rings. The molecule has 1 aromatic carbocycles. The zero-order valence-electron chi connectivity index (χ0n) is 19.1. The van der Waals surface area contributed by atoms with Gasteiger partial charge in [-0.25, -0.2) is 17.2 Å². The summed E-state index contributed by atoms with van der Waals surface area (Å²) in [7, 11) is -2.23. The lowest BCUT2D eigenvalue weighted by atomic mass is 9.78. The van der Waals surface area contributed by atoms with E-state index in [2.05, 4.69) is 15.6 Å². The summed E-state index contributed by atoms with van der Waals surface area (Å²) < 4.78 is 56.5. The third-order valence-electron chi connectivity index (χ3n) is 6.78. The number of piperazine rings is 1. The number of alkyl halides is 2. The predicted molar refractivity (Wildman–Crippen MR) is 126 cm³/mol. The SMILES string of the molecule is Cn1cc(S(=O)(=O)N2CCN(C3(CNC(=O)c4c(Cl)cccc4Cl)CCC(F)(F)CC3)CC2)nn1. The summed E-state index contributed by atoms with van der Waals surface area (Å²) in [6, 6.07) is 4.73. The topological polar surface area (TPSA) is 100 Å². The number of amides is 1. The largest absolute Gasteiger partial charge is 0.350 e. The first-order valence-corrected chi connectivity index (χ1v) is 13.3. The average molecular weight is 551 g/mol. The number of nitrogens with zero attached hydrogens (tertiary/aromatic N) is 5. The van der Waals surface area contributed by atoms with Gasteiger partial charge in [-0.05, 0) is 25.0 Å². The Morgan fingerprint density at radius 1 is 1.09 bits per heavy atom. The normalized spacial score (nSPS) is 21.1. The number of hydrogen-bond acceptors (Lipinski definition) is 6. The number of aromatic nitrogens is 3. The summed E-state index contributed by atoms with van der Waals surface area (Å²) in [4.78, 5) is 14.9. The van der Waals surface area contributed by atoms with Crippen molar-refractivity contribution in [3.05, 3.63) is 40.0 Å². The summed E-state index contributed by atoms with van der Waals surface area (Å²) in [5.74, 6) is -3.25. The van der Waals surface area contributed by atoms with Crippen molar-refractivity contribution in [1.29, 1.82) is 0 Å². The first-order valence-electron chi connectivity index (χ1n) is 11.2. The molecule has 1 saturated heterocycles. The van der Waals surface area contributed by atoms with Crippen molar-refractivity contribution in [1.82, 2.24) is 29.5 Å². The highest BCUT2D eigenvalue weighted by Gasteiger charge is 2.48. The van der Waals surface area contributed by atoms with Crippen molar-refractivity contribution >= 4 is 39.1 Å². The fourth-order valence-corrected chi connectivity index (χ4v) is 6.62. The first kappa shape index (κ1) is 26.2. The molecule has 0 spiro atoms. The van der Waals surface area contributed by atoms with E-state index < -0.39 is 27.4 Å². The molecule has 0 unspecified atom stereocenters. The number of aryl methyl sites for hydroxylation is 1. The van der Waals surface area contributed by atoms with E-state index in [0.717, 1.165) is 0 Å². The molecule has 9 nitrogen and oxygen atoms in total. The smallest absolute Gasteiger partial charge is 0.264 e. The lowest BCUT2D eigenvalue weighted by molar-refractivity contribution is -0.0856. The maximum absolute atomic E-state index is 14.0. The van der Waals surface area contributed by atoms with Crippen LogP contribution >= 0.6 is 23.2 Å². The minimum Gasteiger partial charge on any atom is -0.350 e. The van der Waals surface area contributed by atoms with Gasteiger partial charge in [0.05, 0.1) is 21.8 Å². The molecule has 0 radical (unpaired) electrons. The third kappa shape index (κ3) is 5.46. The molecule has 35 heavy (non-hydrogen) atoms. The van der Waals surface area contributed by atoms with Crippen LogP contribution in [0.25, 0.3) is 0 Å². The zero-order chi connectivity index (χ0) is 25.4. The number of sulfonamides is 1. The van der Waals surface area contributed by atoms with E-state index in [0.29, 0.717) is 13.1 Å². The second-order valence-corrected chi connectivity index (χ2v) is 11.7. The van der Waals surface area contributed by atoms with Crippen molar-refractivity contribution in [2.24, 2.45) is 7.05 Å². The molecule has 2 fully saturated rings. The van der Waals surface area contributed by atoms with Gasteiger partial charge in [-0.3, -0.25) is 14.4 Å². The number of carbonyl (C=O) groups is 1. The van der Waals surface area contributed by atoms with Gasteiger partial charge in [0.25, 0.3) is 15.9 Å². The van der Waals surface area contributed by atoms with Crippen molar-refractivity contribution in [3.63, 3.8) is 0 Å². The second kappa shape index (κ2) is 9.89. The van der Waals surface area contributed by atoms with Gasteiger partial charge in [0, 0.05) is 58.2 Å². The molecule has 4 rings (SSSR count). The molecule has 0 atom stereocenters. The molecule has 14 heteroatoms. The molecule has 1 saturated carbocycles. The summed E-state index contributed by atoms with van der Waals surface area (Å²) in [5.41, 5.74) is -0.611. The van der Waals surface area contributed by atoms with Gasteiger partial charge in [0.1, 0.15) is 0 Å². The van der Waals surface area contributed by atoms with Gasteiger partial charge in [0.15, 0.2) is 0 Å². The maximum Gasteiger partial charge on any atom is 0.264 e. The van der Waals surface area contributed by atoms with Crippen LogP contribution in [-0.4, -0.2) is 82.7 Å².